The lowest BCUT2D eigenvalue weighted by Crippen LogP contribution is -2.54. The van der Waals surface area contributed by atoms with Crippen LogP contribution in [0.3, 0.4) is 0 Å². The summed E-state index contributed by atoms with van der Waals surface area (Å²) < 4.78 is 0. The van der Waals surface area contributed by atoms with Crippen molar-refractivity contribution in [3.8, 4) is 0 Å². The molecule has 0 saturated heterocycles. The molecule has 2 N–H and O–H groups in total. The molecule has 3 aromatic rings. The molecule has 2 aliphatic rings. The second-order valence-electron chi connectivity index (χ2n) is 8.38. The number of nitrogens with zero attached hydrogens (tertiary/aromatic N) is 1. The van der Waals surface area contributed by atoms with E-state index >= 15 is 0 Å². The molecule has 5 nitrogen and oxygen atoms in total. The van der Waals surface area contributed by atoms with Crippen molar-refractivity contribution < 1.29 is 9.59 Å². The molecule has 0 bridgehead atoms. The van der Waals surface area contributed by atoms with Crippen LogP contribution in [0, 0.1) is 0 Å². The van der Waals surface area contributed by atoms with Gasteiger partial charge < -0.3 is 15.2 Å². The van der Waals surface area contributed by atoms with Gasteiger partial charge in [0.1, 0.15) is 5.69 Å². The van der Waals surface area contributed by atoms with Crippen LogP contribution in [0.4, 0.5) is 0 Å². The topological polar surface area (TPSA) is 65.2 Å². The van der Waals surface area contributed by atoms with Crippen molar-refractivity contribution in [2.45, 2.75) is 43.7 Å². The van der Waals surface area contributed by atoms with Gasteiger partial charge in [0, 0.05) is 35.6 Å². The third-order valence-corrected chi connectivity index (χ3v) is 6.30. The second-order valence-corrected chi connectivity index (χ2v) is 8.38. The van der Waals surface area contributed by atoms with E-state index < -0.39 is 0 Å². The Balaban J connectivity index is 1.15. The maximum absolute atomic E-state index is 12.8. The zero-order chi connectivity index (χ0) is 20.0. The maximum atomic E-state index is 12.8. The minimum absolute atomic E-state index is 0.0535. The van der Waals surface area contributed by atoms with Gasteiger partial charge in [0.05, 0.1) is 0 Å². The fourth-order valence-electron chi connectivity index (χ4n) is 4.16. The first kappa shape index (κ1) is 18.0. The minimum atomic E-state index is -0.0886. The lowest BCUT2D eigenvalue weighted by atomic mass is 9.85. The van der Waals surface area contributed by atoms with Crippen molar-refractivity contribution >= 4 is 22.7 Å². The summed E-state index contributed by atoms with van der Waals surface area (Å²) in [5.74, 6) is 0.664. The molecule has 0 atom stereocenters. The summed E-state index contributed by atoms with van der Waals surface area (Å²) in [6.45, 7) is 0. The molecule has 5 heteroatoms. The Bertz CT molecular complexity index is 1030. The molecule has 2 aliphatic carbocycles. The highest BCUT2D eigenvalue weighted by atomic mass is 16.2. The van der Waals surface area contributed by atoms with E-state index in [1.807, 2.05) is 54.4 Å². The smallest absolute Gasteiger partial charge is 0.267 e. The average molecular weight is 387 g/mol. The highest BCUT2D eigenvalue weighted by molar-refractivity contribution is 5.98. The van der Waals surface area contributed by atoms with Gasteiger partial charge in [0.2, 0.25) is 0 Å². The quantitative estimate of drug-likeness (QED) is 0.693. The van der Waals surface area contributed by atoms with E-state index in [0.29, 0.717) is 11.6 Å². The van der Waals surface area contributed by atoms with Crippen LogP contribution in [0.2, 0.25) is 0 Å². The predicted molar refractivity (Wildman–Crippen MR) is 113 cm³/mol. The van der Waals surface area contributed by atoms with Gasteiger partial charge in [0.15, 0.2) is 0 Å². The van der Waals surface area contributed by atoms with Crippen molar-refractivity contribution in [3.63, 3.8) is 0 Å². The highest BCUT2D eigenvalue weighted by Crippen LogP contribution is 2.40. The van der Waals surface area contributed by atoms with E-state index in [9.17, 15) is 9.59 Å². The summed E-state index contributed by atoms with van der Waals surface area (Å²) >= 11 is 0. The molecule has 5 rings (SSSR count). The van der Waals surface area contributed by atoms with E-state index in [0.717, 1.165) is 29.3 Å². The summed E-state index contributed by atoms with van der Waals surface area (Å²) in [4.78, 5) is 30.3. The van der Waals surface area contributed by atoms with E-state index in [2.05, 4.69) is 22.4 Å². The molecule has 0 unspecified atom stereocenters. The standard InChI is InChI=1S/C24H25N3O2/c1-27(24(29)17-10-8-16(9-11-17)15-6-7-15)20-13-19(14-20)25-23(28)22-12-18-4-2-3-5-21(18)26-22/h2-5,8-12,15,19-20,26H,6-7,13-14H2,1H3,(H,25,28). The number of carbonyl (C=O) groups is 2. The fourth-order valence-corrected chi connectivity index (χ4v) is 4.16. The first-order valence-corrected chi connectivity index (χ1v) is 10.3. The molecular formula is C24H25N3O2. The first-order valence-electron chi connectivity index (χ1n) is 10.3. The lowest BCUT2D eigenvalue weighted by molar-refractivity contribution is 0.0584. The lowest BCUT2D eigenvalue weighted by Gasteiger charge is -2.41. The summed E-state index contributed by atoms with van der Waals surface area (Å²) in [6.07, 6.45) is 4.10. The van der Waals surface area contributed by atoms with E-state index in [-0.39, 0.29) is 23.9 Å². The van der Waals surface area contributed by atoms with Gasteiger partial charge in [0.25, 0.3) is 11.8 Å². The molecule has 2 aromatic carbocycles. The van der Waals surface area contributed by atoms with Gasteiger partial charge in [-0.05, 0) is 61.4 Å². The van der Waals surface area contributed by atoms with Crippen molar-refractivity contribution in [3.05, 3.63) is 71.4 Å². The molecule has 0 radical (unpaired) electrons. The third-order valence-electron chi connectivity index (χ3n) is 6.30. The van der Waals surface area contributed by atoms with Crippen molar-refractivity contribution in [2.24, 2.45) is 0 Å². The number of carbonyl (C=O) groups excluding carboxylic acids is 2. The van der Waals surface area contributed by atoms with Crippen LogP contribution in [0.5, 0.6) is 0 Å². The molecule has 29 heavy (non-hydrogen) atoms. The van der Waals surface area contributed by atoms with Gasteiger partial charge in [-0.1, -0.05) is 30.3 Å². The van der Waals surface area contributed by atoms with Crippen LogP contribution < -0.4 is 5.32 Å². The Morgan fingerprint density at radius 3 is 2.45 bits per heavy atom. The zero-order valence-corrected chi connectivity index (χ0v) is 16.5. The number of amides is 2. The molecule has 2 saturated carbocycles. The van der Waals surface area contributed by atoms with Crippen molar-refractivity contribution in [2.75, 3.05) is 7.05 Å². The van der Waals surface area contributed by atoms with Crippen molar-refractivity contribution in [1.29, 1.82) is 0 Å². The number of rotatable bonds is 5. The molecule has 2 fully saturated rings. The summed E-state index contributed by atoms with van der Waals surface area (Å²) in [5, 5.41) is 4.11. The van der Waals surface area contributed by atoms with Gasteiger partial charge in [-0.2, -0.15) is 0 Å². The van der Waals surface area contributed by atoms with E-state index in [1.165, 1.54) is 18.4 Å². The van der Waals surface area contributed by atoms with Crippen LogP contribution in [0.1, 0.15) is 58.0 Å². The maximum Gasteiger partial charge on any atom is 0.267 e. The molecule has 0 spiro atoms. The number of hydrogen-bond donors (Lipinski definition) is 2. The number of benzene rings is 2. The number of nitrogens with one attached hydrogen (secondary N) is 2. The third kappa shape index (κ3) is 3.53. The number of aromatic nitrogens is 1. The number of fused-ring (bicyclic) bond motifs is 1. The summed E-state index contributed by atoms with van der Waals surface area (Å²) in [6, 6.07) is 18.1. The Morgan fingerprint density at radius 2 is 1.76 bits per heavy atom. The molecule has 0 aliphatic heterocycles. The molecule has 1 heterocycles. The van der Waals surface area contributed by atoms with Crippen LogP contribution in [0.15, 0.2) is 54.6 Å². The van der Waals surface area contributed by atoms with Gasteiger partial charge in [-0.25, -0.2) is 0 Å². The largest absolute Gasteiger partial charge is 0.351 e. The predicted octanol–water partition coefficient (Wildman–Crippen LogP) is 4.08. The van der Waals surface area contributed by atoms with Gasteiger partial charge in [-0.15, -0.1) is 0 Å². The monoisotopic (exact) mass is 387 g/mol. The average Bonchev–Trinajstić information content (AvgIpc) is 3.47. The van der Waals surface area contributed by atoms with Gasteiger partial charge >= 0.3 is 0 Å². The van der Waals surface area contributed by atoms with Crippen LogP contribution in [-0.4, -0.2) is 40.8 Å². The van der Waals surface area contributed by atoms with E-state index in [4.69, 9.17) is 0 Å². The number of hydrogen-bond acceptors (Lipinski definition) is 2. The minimum Gasteiger partial charge on any atom is -0.351 e. The molecular weight excluding hydrogens is 362 g/mol. The highest BCUT2D eigenvalue weighted by Gasteiger charge is 2.35. The number of para-hydroxylation sites is 1. The fraction of sp³-hybridized carbons (Fsp3) is 0.333. The second kappa shape index (κ2) is 7.07. The SMILES string of the molecule is CN(C(=O)c1ccc(C2CC2)cc1)C1CC(NC(=O)c2cc3ccccc3[nH]2)C1. The van der Waals surface area contributed by atoms with Crippen LogP contribution in [-0.2, 0) is 0 Å². The Labute approximate surface area is 170 Å². The number of aromatic amines is 1. The first-order chi connectivity index (χ1) is 14.1. The van der Waals surface area contributed by atoms with Crippen LogP contribution in [0.25, 0.3) is 10.9 Å². The van der Waals surface area contributed by atoms with Crippen LogP contribution >= 0.6 is 0 Å². The molecule has 148 valence electrons. The Hall–Kier alpha value is -3.08. The normalized spacial score (nSPS) is 20.9. The Kier molecular flexibility index (Phi) is 4.38. The molecule has 2 amide bonds. The number of H-pyrrole nitrogens is 1. The van der Waals surface area contributed by atoms with Crippen molar-refractivity contribution in [1.82, 2.24) is 15.2 Å². The summed E-state index contributed by atoms with van der Waals surface area (Å²) in [7, 11) is 1.86. The molecule has 1 aromatic heterocycles. The zero-order valence-electron chi connectivity index (χ0n) is 16.5. The Morgan fingerprint density at radius 1 is 1.03 bits per heavy atom. The van der Waals surface area contributed by atoms with Gasteiger partial charge in [-0.3, -0.25) is 9.59 Å². The summed E-state index contributed by atoms with van der Waals surface area (Å²) in [5.41, 5.74) is 3.62. The van der Waals surface area contributed by atoms with E-state index in [1.54, 1.807) is 0 Å².